The molecule has 3 aromatic rings. The van der Waals surface area contributed by atoms with E-state index in [4.69, 9.17) is 23.9 Å². The molecule has 0 unspecified atom stereocenters. The molecule has 0 spiro atoms. The Morgan fingerprint density at radius 2 is 1.85 bits per heavy atom. The van der Waals surface area contributed by atoms with Gasteiger partial charge in [-0.15, -0.1) is 0 Å². The van der Waals surface area contributed by atoms with Crippen LogP contribution < -0.4 is 18.9 Å². The molecule has 33 heavy (non-hydrogen) atoms. The zero-order valence-corrected chi connectivity index (χ0v) is 19.4. The molecule has 1 aliphatic carbocycles. The van der Waals surface area contributed by atoms with Gasteiger partial charge in [0.2, 0.25) is 12.7 Å². The number of rotatable bonds is 7. The van der Waals surface area contributed by atoms with Gasteiger partial charge in [-0.3, -0.25) is 4.79 Å². The number of hydrogen-bond donors (Lipinski definition) is 0. The fraction of sp³-hybridized carbons (Fsp3) is 0.385. The quantitative estimate of drug-likeness (QED) is 0.517. The van der Waals surface area contributed by atoms with Crippen molar-refractivity contribution in [1.29, 1.82) is 0 Å². The fourth-order valence-electron chi connectivity index (χ4n) is 4.25. The van der Waals surface area contributed by atoms with E-state index in [1.54, 1.807) is 14.2 Å². The van der Waals surface area contributed by atoms with Crippen LogP contribution in [0.5, 0.6) is 23.0 Å². The molecule has 1 saturated carbocycles. The summed E-state index contributed by atoms with van der Waals surface area (Å²) in [6.45, 7) is 4.58. The zero-order valence-electron chi connectivity index (χ0n) is 19.4. The first-order chi connectivity index (χ1) is 16.0. The summed E-state index contributed by atoms with van der Waals surface area (Å²) in [5.74, 6) is 2.88. The predicted octanol–water partition coefficient (Wildman–Crippen LogP) is 4.79. The molecule has 1 fully saturated rings. The molecule has 2 aliphatic rings. The SMILES string of the molecule is COc1ccc(OC)c(-c2nc3cc4c(cc3cc2CN(C(=O)C(C)C)C2CC2)OCO4)c1. The van der Waals surface area contributed by atoms with Crippen LogP contribution in [-0.2, 0) is 11.3 Å². The molecule has 1 aliphatic heterocycles. The number of fused-ring (bicyclic) bond motifs is 2. The minimum atomic E-state index is -0.0670. The summed E-state index contributed by atoms with van der Waals surface area (Å²) >= 11 is 0. The maximum Gasteiger partial charge on any atom is 0.231 e. The maximum atomic E-state index is 13.0. The second-order valence-corrected chi connectivity index (χ2v) is 8.81. The van der Waals surface area contributed by atoms with Crippen LogP contribution in [0.3, 0.4) is 0 Å². The number of hydrogen-bond acceptors (Lipinski definition) is 6. The number of nitrogens with zero attached hydrogens (tertiary/aromatic N) is 2. The van der Waals surface area contributed by atoms with Crippen molar-refractivity contribution < 1.29 is 23.7 Å². The summed E-state index contributed by atoms with van der Waals surface area (Å²) in [7, 11) is 3.28. The maximum absolute atomic E-state index is 13.0. The van der Waals surface area contributed by atoms with Gasteiger partial charge in [-0.2, -0.15) is 0 Å². The van der Waals surface area contributed by atoms with E-state index in [1.807, 2.05) is 49.1 Å². The number of carbonyl (C=O) groups is 1. The van der Waals surface area contributed by atoms with Crippen LogP contribution in [0.4, 0.5) is 0 Å². The van der Waals surface area contributed by atoms with Gasteiger partial charge in [0.25, 0.3) is 0 Å². The molecule has 0 bridgehead atoms. The van der Waals surface area contributed by atoms with Crippen molar-refractivity contribution in [2.24, 2.45) is 5.92 Å². The van der Waals surface area contributed by atoms with Crippen LogP contribution in [0.25, 0.3) is 22.2 Å². The molecule has 2 heterocycles. The van der Waals surface area contributed by atoms with E-state index in [2.05, 4.69) is 6.07 Å². The third kappa shape index (κ3) is 4.03. The van der Waals surface area contributed by atoms with Crippen molar-refractivity contribution in [2.45, 2.75) is 39.3 Å². The van der Waals surface area contributed by atoms with Gasteiger partial charge >= 0.3 is 0 Å². The largest absolute Gasteiger partial charge is 0.497 e. The first kappa shape index (κ1) is 21.4. The van der Waals surface area contributed by atoms with Crippen LogP contribution in [0.2, 0.25) is 0 Å². The Morgan fingerprint density at radius 1 is 1.09 bits per heavy atom. The molecular weight excluding hydrogens is 420 g/mol. The Bertz CT molecular complexity index is 1220. The van der Waals surface area contributed by atoms with Gasteiger partial charge in [-0.05, 0) is 48.7 Å². The highest BCUT2D eigenvalue weighted by molar-refractivity contribution is 5.88. The Hall–Kier alpha value is -3.48. The number of pyridine rings is 1. The number of benzene rings is 2. The number of aromatic nitrogens is 1. The highest BCUT2D eigenvalue weighted by Crippen LogP contribution is 2.41. The van der Waals surface area contributed by atoms with Crippen molar-refractivity contribution >= 4 is 16.8 Å². The van der Waals surface area contributed by atoms with Gasteiger partial charge < -0.3 is 23.8 Å². The molecule has 0 N–H and O–H groups in total. The summed E-state index contributed by atoms with van der Waals surface area (Å²) in [6, 6.07) is 11.9. The number of methoxy groups -OCH3 is 2. The topological polar surface area (TPSA) is 70.1 Å². The standard InChI is InChI=1S/C26H28N2O5/c1-15(2)26(29)28(18-5-6-18)13-17-9-16-10-23-24(33-14-32-23)12-21(16)27-25(17)20-11-19(30-3)7-8-22(20)31-4/h7-12,15,18H,5-6,13-14H2,1-4H3. The molecule has 7 nitrogen and oxygen atoms in total. The van der Waals surface area contributed by atoms with E-state index < -0.39 is 0 Å². The van der Waals surface area contributed by atoms with E-state index in [1.165, 1.54) is 0 Å². The van der Waals surface area contributed by atoms with E-state index in [0.717, 1.165) is 40.6 Å². The summed E-state index contributed by atoms with van der Waals surface area (Å²) in [6.07, 6.45) is 2.08. The second kappa shape index (κ2) is 8.46. The zero-order chi connectivity index (χ0) is 23.1. The molecule has 0 saturated heterocycles. The Kier molecular flexibility index (Phi) is 5.48. The van der Waals surface area contributed by atoms with Crippen LogP contribution in [0, 0.1) is 5.92 Å². The molecule has 1 aromatic heterocycles. The molecule has 172 valence electrons. The Balaban J connectivity index is 1.69. The molecular formula is C26H28N2O5. The molecule has 0 radical (unpaired) electrons. The van der Waals surface area contributed by atoms with Crippen LogP contribution >= 0.6 is 0 Å². The highest BCUT2D eigenvalue weighted by Gasteiger charge is 2.34. The molecule has 7 heteroatoms. The lowest BCUT2D eigenvalue weighted by Crippen LogP contribution is -2.35. The average molecular weight is 449 g/mol. The predicted molar refractivity (Wildman–Crippen MR) is 125 cm³/mol. The third-order valence-corrected chi connectivity index (χ3v) is 6.16. The monoisotopic (exact) mass is 448 g/mol. The lowest BCUT2D eigenvalue weighted by atomic mass is 10.0. The van der Waals surface area contributed by atoms with Gasteiger partial charge in [0, 0.05) is 35.5 Å². The van der Waals surface area contributed by atoms with E-state index in [0.29, 0.717) is 29.5 Å². The van der Waals surface area contributed by atoms with E-state index in [9.17, 15) is 4.79 Å². The van der Waals surface area contributed by atoms with Gasteiger partial charge in [0.1, 0.15) is 11.5 Å². The first-order valence-corrected chi connectivity index (χ1v) is 11.2. The lowest BCUT2D eigenvalue weighted by Gasteiger charge is -2.26. The Labute approximate surface area is 193 Å². The van der Waals surface area contributed by atoms with Crippen LogP contribution in [0.1, 0.15) is 32.3 Å². The summed E-state index contributed by atoms with van der Waals surface area (Å²) in [5, 5.41) is 0.938. The highest BCUT2D eigenvalue weighted by atomic mass is 16.7. The van der Waals surface area contributed by atoms with Gasteiger partial charge in [-0.1, -0.05) is 13.8 Å². The minimum Gasteiger partial charge on any atom is -0.497 e. The molecule has 5 rings (SSSR count). The van der Waals surface area contributed by atoms with Crippen molar-refractivity contribution in [3.63, 3.8) is 0 Å². The molecule has 2 aromatic carbocycles. The second-order valence-electron chi connectivity index (χ2n) is 8.81. The van der Waals surface area contributed by atoms with Crippen molar-refractivity contribution in [2.75, 3.05) is 21.0 Å². The summed E-state index contributed by atoms with van der Waals surface area (Å²) < 4.78 is 22.3. The fourth-order valence-corrected chi connectivity index (χ4v) is 4.25. The van der Waals surface area contributed by atoms with Gasteiger partial charge in [0.15, 0.2) is 11.5 Å². The van der Waals surface area contributed by atoms with E-state index >= 15 is 0 Å². The van der Waals surface area contributed by atoms with Gasteiger partial charge in [-0.25, -0.2) is 4.98 Å². The Morgan fingerprint density at radius 3 is 2.52 bits per heavy atom. The number of ether oxygens (including phenoxy) is 4. The third-order valence-electron chi connectivity index (χ3n) is 6.16. The van der Waals surface area contributed by atoms with Crippen molar-refractivity contribution in [3.8, 4) is 34.3 Å². The minimum absolute atomic E-state index is 0.0670. The average Bonchev–Trinajstić information content (AvgIpc) is 3.57. The van der Waals surface area contributed by atoms with Crippen LogP contribution in [0.15, 0.2) is 36.4 Å². The lowest BCUT2D eigenvalue weighted by molar-refractivity contribution is -0.135. The van der Waals surface area contributed by atoms with Gasteiger partial charge in [0.05, 0.1) is 25.4 Å². The van der Waals surface area contributed by atoms with Crippen molar-refractivity contribution in [1.82, 2.24) is 9.88 Å². The van der Waals surface area contributed by atoms with Crippen molar-refractivity contribution in [3.05, 3.63) is 42.0 Å². The summed E-state index contributed by atoms with van der Waals surface area (Å²) in [4.78, 5) is 20.1. The molecule has 0 atom stereocenters. The smallest absolute Gasteiger partial charge is 0.231 e. The number of amides is 1. The number of carbonyl (C=O) groups excluding carboxylic acids is 1. The normalized spacial score (nSPS) is 14.6. The van der Waals surface area contributed by atoms with E-state index in [-0.39, 0.29) is 24.7 Å². The first-order valence-electron chi connectivity index (χ1n) is 11.2. The summed E-state index contributed by atoms with van der Waals surface area (Å²) in [5.41, 5.74) is 3.32. The van der Waals surface area contributed by atoms with Crippen LogP contribution in [-0.4, -0.2) is 42.8 Å². The molecule has 1 amide bonds.